The third-order valence-corrected chi connectivity index (χ3v) is 6.39. The highest BCUT2D eigenvalue weighted by Gasteiger charge is 2.51. The minimum atomic E-state index is -0.513. The molecule has 2 aliphatic rings. The van der Waals surface area contributed by atoms with Gasteiger partial charge in [-0.1, -0.05) is 23.7 Å². The molecule has 5 nitrogen and oxygen atoms in total. The molecular formula is C18H18ClN3O2S. The van der Waals surface area contributed by atoms with Crippen LogP contribution >= 0.6 is 22.9 Å². The van der Waals surface area contributed by atoms with Gasteiger partial charge in [-0.15, -0.1) is 11.3 Å². The number of primary amides is 1. The molecule has 2 N–H and O–H groups in total. The molecule has 2 aromatic rings. The van der Waals surface area contributed by atoms with Crippen molar-refractivity contribution in [2.75, 3.05) is 0 Å². The average molecular weight is 376 g/mol. The third kappa shape index (κ3) is 2.73. The molecule has 1 aliphatic carbocycles. The van der Waals surface area contributed by atoms with E-state index in [1.54, 1.807) is 11.0 Å². The van der Waals surface area contributed by atoms with Crippen LogP contribution in [0.5, 0.6) is 0 Å². The SMILES string of the molecule is Cc1nc(C(=O)N2[C@@H]3CC[C@@H](C3)[C@H]2C(N)=O)c(-c2cccc(Cl)c2)s1. The van der Waals surface area contributed by atoms with Crippen LogP contribution in [0.1, 0.15) is 34.8 Å². The number of carbonyl (C=O) groups is 2. The Hall–Kier alpha value is -1.92. The Labute approximate surface area is 154 Å². The Balaban J connectivity index is 1.75. The van der Waals surface area contributed by atoms with E-state index in [9.17, 15) is 9.59 Å². The van der Waals surface area contributed by atoms with E-state index < -0.39 is 11.9 Å². The van der Waals surface area contributed by atoms with Gasteiger partial charge in [-0.05, 0) is 49.8 Å². The maximum Gasteiger partial charge on any atom is 0.274 e. The molecule has 7 heteroatoms. The van der Waals surface area contributed by atoms with Crippen molar-refractivity contribution in [2.45, 2.75) is 38.3 Å². The quantitative estimate of drug-likeness (QED) is 0.894. The van der Waals surface area contributed by atoms with E-state index in [0.29, 0.717) is 10.7 Å². The minimum absolute atomic E-state index is 0.0872. The van der Waals surface area contributed by atoms with Crippen LogP contribution in [-0.2, 0) is 4.79 Å². The smallest absolute Gasteiger partial charge is 0.274 e. The summed E-state index contributed by atoms with van der Waals surface area (Å²) in [6.45, 7) is 1.87. The van der Waals surface area contributed by atoms with Crippen molar-refractivity contribution < 1.29 is 9.59 Å². The Kier molecular flexibility index (Phi) is 4.04. The van der Waals surface area contributed by atoms with Crippen LogP contribution in [0.3, 0.4) is 0 Å². The number of aryl methyl sites for hydroxylation is 1. The minimum Gasteiger partial charge on any atom is -0.368 e. The van der Waals surface area contributed by atoms with Gasteiger partial charge >= 0.3 is 0 Å². The molecule has 0 radical (unpaired) electrons. The van der Waals surface area contributed by atoms with Gasteiger partial charge in [0.05, 0.1) is 9.88 Å². The molecule has 0 unspecified atom stereocenters. The Morgan fingerprint density at radius 1 is 1.36 bits per heavy atom. The van der Waals surface area contributed by atoms with Crippen molar-refractivity contribution in [1.29, 1.82) is 0 Å². The fraction of sp³-hybridized carbons (Fsp3) is 0.389. The molecule has 2 heterocycles. The second-order valence-corrected chi connectivity index (χ2v) is 8.35. The number of amides is 2. The highest BCUT2D eigenvalue weighted by atomic mass is 35.5. The lowest BCUT2D eigenvalue weighted by molar-refractivity contribution is -0.123. The van der Waals surface area contributed by atoms with E-state index in [-0.39, 0.29) is 17.9 Å². The zero-order valence-corrected chi connectivity index (χ0v) is 15.3. The van der Waals surface area contributed by atoms with E-state index >= 15 is 0 Å². The van der Waals surface area contributed by atoms with Gasteiger partial charge in [-0.2, -0.15) is 0 Å². The number of benzene rings is 1. The molecule has 1 aromatic carbocycles. The summed E-state index contributed by atoms with van der Waals surface area (Å²) in [6.07, 6.45) is 2.74. The highest BCUT2D eigenvalue weighted by Crippen LogP contribution is 2.44. The molecule has 2 amide bonds. The van der Waals surface area contributed by atoms with Crippen LogP contribution in [0.15, 0.2) is 24.3 Å². The van der Waals surface area contributed by atoms with E-state index in [4.69, 9.17) is 17.3 Å². The lowest BCUT2D eigenvalue weighted by atomic mass is 9.97. The standard InChI is InChI=1S/C18H18ClN3O2S/c1-9-21-14(16(25-9)11-3-2-4-12(19)7-11)18(24)22-13-6-5-10(8-13)15(22)17(20)23/h2-4,7,10,13,15H,5-6,8H2,1H3,(H2,20,23)/t10-,13+,15-/m0/s1. The zero-order valence-electron chi connectivity index (χ0n) is 13.7. The van der Waals surface area contributed by atoms with Gasteiger partial charge < -0.3 is 10.6 Å². The summed E-state index contributed by atoms with van der Waals surface area (Å²) in [5.41, 5.74) is 6.85. The summed E-state index contributed by atoms with van der Waals surface area (Å²) >= 11 is 7.56. The number of rotatable bonds is 3. The molecule has 1 aliphatic heterocycles. The largest absolute Gasteiger partial charge is 0.368 e. The number of hydrogen-bond donors (Lipinski definition) is 1. The summed E-state index contributed by atoms with van der Waals surface area (Å²) in [4.78, 5) is 32.1. The number of fused-ring (bicyclic) bond motifs is 2. The summed E-state index contributed by atoms with van der Waals surface area (Å²) in [5.74, 6) is -0.437. The van der Waals surface area contributed by atoms with E-state index in [0.717, 1.165) is 34.7 Å². The van der Waals surface area contributed by atoms with Crippen LogP contribution in [0.2, 0.25) is 5.02 Å². The fourth-order valence-corrected chi connectivity index (χ4v) is 5.26. The number of likely N-dealkylation sites (tertiary alicyclic amines) is 1. The van der Waals surface area contributed by atoms with Gasteiger partial charge in [0, 0.05) is 11.1 Å². The zero-order chi connectivity index (χ0) is 17.7. The molecule has 4 rings (SSSR count). The molecule has 1 saturated carbocycles. The number of hydrogen-bond acceptors (Lipinski definition) is 4. The van der Waals surface area contributed by atoms with Crippen LogP contribution < -0.4 is 5.73 Å². The van der Waals surface area contributed by atoms with E-state index in [1.807, 2.05) is 25.1 Å². The molecular weight excluding hydrogens is 358 g/mol. The second kappa shape index (κ2) is 6.11. The summed E-state index contributed by atoms with van der Waals surface area (Å²) in [5, 5.41) is 1.41. The van der Waals surface area contributed by atoms with Crippen molar-refractivity contribution in [1.82, 2.24) is 9.88 Å². The lowest BCUT2D eigenvalue weighted by Gasteiger charge is -2.33. The van der Waals surface area contributed by atoms with Gasteiger partial charge in [0.1, 0.15) is 11.7 Å². The summed E-state index contributed by atoms with van der Waals surface area (Å²) in [7, 11) is 0. The lowest BCUT2D eigenvalue weighted by Crippen LogP contribution is -2.51. The molecule has 2 fully saturated rings. The Bertz CT molecular complexity index is 866. The number of thiazole rings is 1. The molecule has 2 bridgehead atoms. The predicted octanol–water partition coefficient (Wildman–Crippen LogP) is 3.25. The third-order valence-electron chi connectivity index (χ3n) is 5.13. The molecule has 1 saturated heterocycles. The van der Waals surface area contributed by atoms with Crippen molar-refractivity contribution in [3.8, 4) is 10.4 Å². The number of halogens is 1. The molecule has 1 aromatic heterocycles. The van der Waals surface area contributed by atoms with Crippen LogP contribution in [0, 0.1) is 12.8 Å². The molecule has 130 valence electrons. The number of piperidine rings is 1. The number of nitrogens with two attached hydrogens (primary N) is 1. The first-order valence-corrected chi connectivity index (χ1v) is 9.50. The average Bonchev–Trinajstić information content (AvgIpc) is 3.27. The van der Waals surface area contributed by atoms with Crippen LogP contribution in [0.4, 0.5) is 0 Å². The first kappa shape index (κ1) is 16.5. The number of nitrogens with zero attached hydrogens (tertiary/aromatic N) is 2. The fourth-order valence-electron chi connectivity index (χ4n) is 4.17. The van der Waals surface area contributed by atoms with Gasteiger partial charge in [-0.3, -0.25) is 9.59 Å². The van der Waals surface area contributed by atoms with E-state index in [2.05, 4.69) is 4.98 Å². The normalized spacial score (nSPS) is 24.7. The first-order valence-electron chi connectivity index (χ1n) is 8.31. The van der Waals surface area contributed by atoms with Gasteiger partial charge in [0.2, 0.25) is 5.91 Å². The Morgan fingerprint density at radius 2 is 2.16 bits per heavy atom. The van der Waals surface area contributed by atoms with Gasteiger partial charge in [0.25, 0.3) is 5.91 Å². The van der Waals surface area contributed by atoms with Gasteiger partial charge in [-0.25, -0.2) is 4.98 Å². The van der Waals surface area contributed by atoms with Crippen molar-refractivity contribution in [2.24, 2.45) is 11.7 Å². The Morgan fingerprint density at radius 3 is 2.88 bits per heavy atom. The monoisotopic (exact) mass is 375 g/mol. The molecule has 0 spiro atoms. The summed E-state index contributed by atoms with van der Waals surface area (Å²) < 4.78 is 0. The van der Waals surface area contributed by atoms with Crippen LogP contribution in [-0.4, -0.2) is 33.8 Å². The summed E-state index contributed by atoms with van der Waals surface area (Å²) in [6, 6.07) is 6.96. The number of carbonyl (C=O) groups excluding carboxylic acids is 2. The predicted molar refractivity (Wildman–Crippen MR) is 97.6 cm³/mol. The van der Waals surface area contributed by atoms with Crippen molar-refractivity contribution in [3.63, 3.8) is 0 Å². The number of aromatic nitrogens is 1. The topological polar surface area (TPSA) is 76.3 Å². The van der Waals surface area contributed by atoms with Crippen molar-refractivity contribution >= 4 is 34.8 Å². The first-order chi connectivity index (χ1) is 12.0. The molecule has 25 heavy (non-hydrogen) atoms. The maximum atomic E-state index is 13.3. The van der Waals surface area contributed by atoms with Crippen molar-refractivity contribution in [3.05, 3.63) is 40.0 Å². The van der Waals surface area contributed by atoms with Crippen LogP contribution in [0.25, 0.3) is 10.4 Å². The van der Waals surface area contributed by atoms with Gasteiger partial charge in [0.15, 0.2) is 0 Å². The molecule has 3 atom stereocenters. The second-order valence-electron chi connectivity index (χ2n) is 6.71. The maximum absolute atomic E-state index is 13.3. The highest BCUT2D eigenvalue weighted by molar-refractivity contribution is 7.15. The van der Waals surface area contributed by atoms with E-state index in [1.165, 1.54) is 11.3 Å².